The Kier molecular flexibility index (Phi) is 5.83. The third-order valence-corrected chi connectivity index (χ3v) is 1.33. The highest BCUT2D eigenvalue weighted by Crippen LogP contribution is 1.97. The standard InChI is InChI=1S/C6H12O2S/c1-8-6(7)4-2-3-5-9/h9H,2-5H2,1H3. The van der Waals surface area contributed by atoms with Crippen LogP contribution in [0.5, 0.6) is 0 Å². The molecule has 0 heterocycles. The third kappa shape index (κ3) is 5.69. The lowest BCUT2D eigenvalue weighted by Gasteiger charge is -1.95. The minimum Gasteiger partial charge on any atom is -0.469 e. The number of hydrogen-bond acceptors (Lipinski definition) is 3. The lowest BCUT2D eigenvalue weighted by Crippen LogP contribution is -1.99. The maximum Gasteiger partial charge on any atom is 0.305 e. The summed E-state index contributed by atoms with van der Waals surface area (Å²) in [6, 6.07) is 0. The van der Waals surface area contributed by atoms with Gasteiger partial charge in [0.1, 0.15) is 0 Å². The van der Waals surface area contributed by atoms with Gasteiger partial charge in [-0.15, -0.1) is 0 Å². The van der Waals surface area contributed by atoms with Crippen molar-refractivity contribution in [2.45, 2.75) is 19.3 Å². The molecule has 0 spiro atoms. The first-order chi connectivity index (χ1) is 4.31. The van der Waals surface area contributed by atoms with Crippen LogP contribution in [0.1, 0.15) is 19.3 Å². The quantitative estimate of drug-likeness (QED) is 0.369. The molecule has 0 radical (unpaired) electrons. The zero-order valence-corrected chi connectivity index (χ0v) is 6.49. The van der Waals surface area contributed by atoms with Gasteiger partial charge in [-0.25, -0.2) is 0 Å². The van der Waals surface area contributed by atoms with Gasteiger partial charge in [0.05, 0.1) is 7.11 Å². The van der Waals surface area contributed by atoms with Crippen molar-refractivity contribution in [1.82, 2.24) is 0 Å². The van der Waals surface area contributed by atoms with E-state index in [0.29, 0.717) is 6.42 Å². The summed E-state index contributed by atoms with van der Waals surface area (Å²) in [4.78, 5) is 10.4. The molecule has 54 valence electrons. The van der Waals surface area contributed by atoms with Gasteiger partial charge in [-0.1, -0.05) is 0 Å². The second kappa shape index (κ2) is 5.95. The highest BCUT2D eigenvalue weighted by molar-refractivity contribution is 7.80. The average molecular weight is 148 g/mol. The molecular weight excluding hydrogens is 136 g/mol. The molecule has 0 aliphatic heterocycles. The summed E-state index contributed by atoms with van der Waals surface area (Å²) < 4.78 is 4.43. The Morgan fingerprint density at radius 1 is 1.56 bits per heavy atom. The summed E-state index contributed by atoms with van der Waals surface area (Å²) >= 11 is 4.00. The molecule has 0 saturated heterocycles. The van der Waals surface area contributed by atoms with E-state index in [1.54, 1.807) is 0 Å². The van der Waals surface area contributed by atoms with Crippen LogP contribution in [0.2, 0.25) is 0 Å². The number of unbranched alkanes of at least 4 members (excludes halogenated alkanes) is 1. The van der Waals surface area contributed by atoms with Crippen LogP contribution >= 0.6 is 12.6 Å². The molecule has 0 amide bonds. The number of methoxy groups -OCH3 is 1. The SMILES string of the molecule is COC(=O)CCCCS. The molecule has 3 heteroatoms. The first-order valence-electron chi connectivity index (χ1n) is 2.99. The molecule has 0 bridgehead atoms. The molecule has 0 aliphatic rings. The van der Waals surface area contributed by atoms with Crippen molar-refractivity contribution in [3.05, 3.63) is 0 Å². The van der Waals surface area contributed by atoms with Gasteiger partial charge in [-0.2, -0.15) is 12.6 Å². The van der Waals surface area contributed by atoms with Crippen LogP contribution in [0.3, 0.4) is 0 Å². The van der Waals surface area contributed by atoms with E-state index in [4.69, 9.17) is 0 Å². The van der Waals surface area contributed by atoms with Gasteiger partial charge in [0.15, 0.2) is 0 Å². The van der Waals surface area contributed by atoms with Gasteiger partial charge in [-0.05, 0) is 18.6 Å². The number of ether oxygens (including phenoxy) is 1. The van der Waals surface area contributed by atoms with E-state index in [2.05, 4.69) is 17.4 Å². The minimum atomic E-state index is -0.128. The van der Waals surface area contributed by atoms with Crippen molar-refractivity contribution in [1.29, 1.82) is 0 Å². The van der Waals surface area contributed by atoms with Gasteiger partial charge >= 0.3 is 5.97 Å². The maximum absolute atomic E-state index is 10.4. The number of carbonyl (C=O) groups is 1. The summed E-state index contributed by atoms with van der Waals surface area (Å²) in [5.41, 5.74) is 0. The Bertz CT molecular complexity index is 83.1. The van der Waals surface area contributed by atoms with Crippen molar-refractivity contribution in [2.75, 3.05) is 12.9 Å². The van der Waals surface area contributed by atoms with Gasteiger partial charge in [0, 0.05) is 6.42 Å². The fourth-order valence-corrected chi connectivity index (χ4v) is 0.707. The second-order valence-electron chi connectivity index (χ2n) is 1.76. The summed E-state index contributed by atoms with van der Waals surface area (Å²) in [5.74, 6) is 0.716. The van der Waals surface area contributed by atoms with Gasteiger partial charge in [0.2, 0.25) is 0 Å². The molecule has 0 rings (SSSR count). The molecule has 0 aromatic carbocycles. The van der Waals surface area contributed by atoms with Gasteiger partial charge in [-0.3, -0.25) is 4.79 Å². The lowest BCUT2D eigenvalue weighted by atomic mass is 10.2. The molecule has 0 aliphatic carbocycles. The summed E-state index contributed by atoms with van der Waals surface area (Å²) in [6.07, 6.45) is 2.39. The molecule has 9 heavy (non-hydrogen) atoms. The highest BCUT2D eigenvalue weighted by atomic mass is 32.1. The van der Waals surface area contributed by atoms with Gasteiger partial charge in [0.25, 0.3) is 0 Å². The van der Waals surface area contributed by atoms with Crippen LogP contribution < -0.4 is 0 Å². The second-order valence-corrected chi connectivity index (χ2v) is 2.20. The van der Waals surface area contributed by atoms with Crippen molar-refractivity contribution < 1.29 is 9.53 Å². The first kappa shape index (κ1) is 8.82. The zero-order valence-electron chi connectivity index (χ0n) is 5.59. The summed E-state index contributed by atoms with van der Waals surface area (Å²) in [7, 11) is 1.41. The van der Waals surface area contributed by atoms with Crippen LogP contribution in [-0.2, 0) is 9.53 Å². The Balaban J connectivity index is 2.97. The summed E-state index contributed by atoms with van der Waals surface area (Å²) in [6.45, 7) is 0. The van der Waals surface area contributed by atoms with Crippen molar-refractivity contribution in [2.24, 2.45) is 0 Å². The highest BCUT2D eigenvalue weighted by Gasteiger charge is 1.96. The monoisotopic (exact) mass is 148 g/mol. The minimum absolute atomic E-state index is 0.128. The zero-order chi connectivity index (χ0) is 7.11. The molecule has 0 atom stereocenters. The molecule has 0 aromatic heterocycles. The molecule has 2 nitrogen and oxygen atoms in total. The maximum atomic E-state index is 10.4. The Morgan fingerprint density at radius 2 is 2.22 bits per heavy atom. The Morgan fingerprint density at radius 3 is 2.67 bits per heavy atom. The number of thiol groups is 1. The van der Waals surface area contributed by atoms with Crippen LogP contribution in [0.4, 0.5) is 0 Å². The molecule has 0 aromatic rings. The molecule has 0 unspecified atom stereocenters. The smallest absolute Gasteiger partial charge is 0.305 e. The van der Waals surface area contributed by atoms with Crippen LogP contribution in [-0.4, -0.2) is 18.8 Å². The third-order valence-electron chi connectivity index (χ3n) is 1.02. The molecular formula is C6H12O2S. The number of esters is 1. The van der Waals surface area contributed by atoms with Crippen LogP contribution in [0, 0.1) is 0 Å². The topological polar surface area (TPSA) is 26.3 Å². The predicted molar refractivity (Wildman–Crippen MR) is 39.7 cm³/mol. The number of rotatable bonds is 4. The Labute approximate surface area is 61.0 Å². The predicted octanol–water partition coefficient (Wildman–Crippen LogP) is 1.26. The molecule has 0 fully saturated rings. The molecule has 0 saturated carbocycles. The van der Waals surface area contributed by atoms with Crippen molar-refractivity contribution in [3.8, 4) is 0 Å². The van der Waals surface area contributed by atoms with E-state index in [9.17, 15) is 4.79 Å². The molecule has 0 N–H and O–H groups in total. The van der Waals surface area contributed by atoms with Gasteiger partial charge < -0.3 is 4.74 Å². The lowest BCUT2D eigenvalue weighted by molar-refractivity contribution is -0.140. The van der Waals surface area contributed by atoms with E-state index in [1.165, 1.54) is 7.11 Å². The number of hydrogen-bond donors (Lipinski definition) is 1. The van der Waals surface area contributed by atoms with Crippen molar-refractivity contribution in [3.63, 3.8) is 0 Å². The normalized spacial score (nSPS) is 9.11. The Hall–Kier alpha value is -0.180. The average Bonchev–Trinajstić information content (AvgIpc) is 1.89. The van der Waals surface area contributed by atoms with E-state index in [0.717, 1.165) is 18.6 Å². The van der Waals surface area contributed by atoms with E-state index in [-0.39, 0.29) is 5.97 Å². The first-order valence-corrected chi connectivity index (χ1v) is 3.62. The summed E-state index contributed by atoms with van der Waals surface area (Å²) in [5, 5.41) is 0. The fraction of sp³-hybridized carbons (Fsp3) is 0.833. The van der Waals surface area contributed by atoms with E-state index in [1.807, 2.05) is 0 Å². The van der Waals surface area contributed by atoms with Crippen molar-refractivity contribution >= 4 is 18.6 Å². The van der Waals surface area contributed by atoms with E-state index < -0.39 is 0 Å². The number of carbonyl (C=O) groups excluding carboxylic acids is 1. The van der Waals surface area contributed by atoms with Crippen LogP contribution in [0.25, 0.3) is 0 Å². The fourth-order valence-electron chi connectivity index (χ4n) is 0.483. The van der Waals surface area contributed by atoms with Crippen LogP contribution in [0.15, 0.2) is 0 Å². The largest absolute Gasteiger partial charge is 0.469 e. The van der Waals surface area contributed by atoms with E-state index >= 15 is 0 Å².